The number of aliphatic hydroxyl groups excluding tert-OH is 1. The summed E-state index contributed by atoms with van der Waals surface area (Å²) in [7, 11) is 0. The van der Waals surface area contributed by atoms with Crippen LogP contribution in [0.3, 0.4) is 0 Å². The van der Waals surface area contributed by atoms with Crippen LogP contribution in [0.1, 0.15) is 25.8 Å². The van der Waals surface area contributed by atoms with E-state index in [9.17, 15) is 14.7 Å². The second kappa shape index (κ2) is 7.40. The molecular weight excluding hydrogens is 282 g/mol. The van der Waals surface area contributed by atoms with E-state index in [1.165, 1.54) is 4.90 Å². The fourth-order valence-corrected chi connectivity index (χ4v) is 2.79. The fraction of sp³-hybridized carbons (Fsp3) is 0.529. The monoisotopic (exact) mass is 305 g/mol. The van der Waals surface area contributed by atoms with Gasteiger partial charge in [-0.3, -0.25) is 4.79 Å². The molecule has 0 radical (unpaired) electrons. The summed E-state index contributed by atoms with van der Waals surface area (Å²) >= 11 is 0. The highest BCUT2D eigenvalue weighted by atomic mass is 16.6. The van der Waals surface area contributed by atoms with Gasteiger partial charge in [0, 0.05) is 0 Å². The van der Waals surface area contributed by atoms with Crippen LogP contribution in [0.4, 0.5) is 4.79 Å². The molecule has 1 N–H and O–H groups in total. The van der Waals surface area contributed by atoms with Crippen molar-refractivity contribution in [1.82, 2.24) is 4.90 Å². The van der Waals surface area contributed by atoms with Crippen LogP contribution in [0.5, 0.6) is 0 Å². The van der Waals surface area contributed by atoms with E-state index in [4.69, 9.17) is 4.74 Å². The van der Waals surface area contributed by atoms with Crippen LogP contribution < -0.4 is 0 Å². The summed E-state index contributed by atoms with van der Waals surface area (Å²) in [6.07, 6.45) is 0.517. The minimum absolute atomic E-state index is 0.208. The van der Waals surface area contributed by atoms with Gasteiger partial charge in [-0.05, 0) is 24.3 Å². The van der Waals surface area contributed by atoms with Crippen molar-refractivity contribution in [2.75, 3.05) is 13.2 Å². The fourth-order valence-electron chi connectivity index (χ4n) is 2.79. The molecule has 1 heterocycles. The molecule has 0 aliphatic carbocycles. The third kappa shape index (κ3) is 3.85. The Labute approximate surface area is 130 Å². The normalized spacial score (nSPS) is 19.4. The summed E-state index contributed by atoms with van der Waals surface area (Å²) < 4.78 is 5.06. The van der Waals surface area contributed by atoms with Gasteiger partial charge >= 0.3 is 6.09 Å². The first-order valence-electron chi connectivity index (χ1n) is 7.67. The molecule has 2 amide bonds. The van der Waals surface area contributed by atoms with Gasteiger partial charge in [-0.15, -0.1) is 0 Å². The summed E-state index contributed by atoms with van der Waals surface area (Å²) in [5.74, 6) is -0.615. The van der Waals surface area contributed by atoms with Crippen LogP contribution in [-0.2, 0) is 16.0 Å². The molecule has 2 unspecified atom stereocenters. The first-order valence-corrected chi connectivity index (χ1v) is 7.67. The van der Waals surface area contributed by atoms with Crippen molar-refractivity contribution in [3.8, 4) is 0 Å². The van der Waals surface area contributed by atoms with Crippen molar-refractivity contribution in [2.24, 2.45) is 11.8 Å². The molecule has 2 rings (SSSR count). The number of cyclic esters (lactones) is 1. The second-order valence-corrected chi connectivity index (χ2v) is 6.14. The standard InChI is InChI=1S/C17H23NO4/c1-12(2)8-14(10-19)16(20)18-15(11-22-17(18)21)9-13-6-4-3-5-7-13/h3-7,12,14-15,19H,8-11H2,1-2H3. The van der Waals surface area contributed by atoms with Crippen LogP contribution in [0.25, 0.3) is 0 Å². The Hall–Kier alpha value is -1.88. The second-order valence-electron chi connectivity index (χ2n) is 6.14. The van der Waals surface area contributed by atoms with Gasteiger partial charge in [-0.2, -0.15) is 0 Å². The maximum Gasteiger partial charge on any atom is 0.416 e. The molecular formula is C17H23NO4. The number of imide groups is 1. The van der Waals surface area contributed by atoms with Gasteiger partial charge in [0.1, 0.15) is 6.61 Å². The molecule has 0 bridgehead atoms. The average molecular weight is 305 g/mol. The van der Waals surface area contributed by atoms with Gasteiger partial charge in [0.2, 0.25) is 5.91 Å². The number of hydrogen-bond acceptors (Lipinski definition) is 4. The molecule has 1 aliphatic rings. The van der Waals surface area contributed by atoms with Gasteiger partial charge < -0.3 is 9.84 Å². The zero-order chi connectivity index (χ0) is 16.1. The minimum Gasteiger partial charge on any atom is -0.447 e. The predicted molar refractivity (Wildman–Crippen MR) is 82.2 cm³/mol. The van der Waals surface area contributed by atoms with Crippen LogP contribution in [0, 0.1) is 11.8 Å². The highest BCUT2D eigenvalue weighted by molar-refractivity contribution is 5.94. The van der Waals surface area contributed by atoms with Gasteiger partial charge in [-0.25, -0.2) is 9.69 Å². The number of carbonyl (C=O) groups is 2. The molecule has 1 fully saturated rings. The minimum atomic E-state index is -0.604. The zero-order valence-corrected chi connectivity index (χ0v) is 13.1. The number of nitrogens with zero attached hydrogens (tertiary/aromatic N) is 1. The summed E-state index contributed by atoms with van der Waals surface area (Å²) in [6, 6.07) is 9.39. The topological polar surface area (TPSA) is 66.8 Å². The molecule has 22 heavy (non-hydrogen) atoms. The van der Waals surface area contributed by atoms with Crippen molar-refractivity contribution in [2.45, 2.75) is 32.7 Å². The summed E-state index contributed by atoms with van der Waals surface area (Å²) in [6.45, 7) is 3.93. The molecule has 1 aromatic carbocycles. The lowest BCUT2D eigenvalue weighted by molar-refractivity contribution is -0.135. The van der Waals surface area contributed by atoms with Crippen LogP contribution in [-0.4, -0.2) is 41.3 Å². The number of benzene rings is 1. The molecule has 5 nitrogen and oxygen atoms in total. The maximum absolute atomic E-state index is 12.6. The van der Waals surface area contributed by atoms with Crippen LogP contribution >= 0.6 is 0 Å². The summed E-state index contributed by atoms with van der Waals surface area (Å²) in [5.41, 5.74) is 1.05. The number of hydrogen-bond donors (Lipinski definition) is 1. The van der Waals surface area contributed by atoms with E-state index in [1.807, 2.05) is 44.2 Å². The zero-order valence-electron chi connectivity index (χ0n) is 13.1. The van der Waals surface area contributed by atoms with Crippen molar-refractivity contribution in [3.05, 3.63) is 35.9 Å². The smallest absolute Gasteiger partial charge is 0.416 e. The van der Waals surface area contributed by atoms with E-state index >= 15 is 0 Å². The van der Waals surface area contributed by atoms with E-state index in [-0.39, 0.29) is 31.1 Å². The predicted octanol–water partition coefficient (Wildman–Crippen LogP) is 2.23. The van der Waals surface area contributed by atoms with Gasteiger partial charge in [0.25, 0.3) is 0 Å². The van der Waals surface area contributed by atoms with Crippen LogP contribution in [0.15, 0.2) is 30.3 Å². The van der Waals surface area contributed by atoms with Crippen molar-refractivity contribution >= 4 is 12.0 Å². The van der Waals surface area contributed by atoms with E-state index in [2.05, 4.69) is 0 Å². The molecule has 2 atom stereocenters. The van der Waals surface area contributed by atoms with Crippen molar-refractivity contribution < 1.29 is 19.4 Å². The number of rotatable bonds is 6. The van der Waals surface area contributed by atoms with E-state index in [0.717, 1.165) is 5.56 Å². The molecule has 0 spiro atoms. The van der Waals surface area contributed by atoms with Gasteiger partial charge in [0.15, 0.2) is 0 Å². The summed E-state index contributed by atoms with van der Waals surface area (Å²) in [5, 5.41) is 9.47. The third-order valence-corrected chi connectivity index (χ3v) is 3.84. The number of carbonyl (C=O) groups excluding carboxylic acids is 2. The number of aliphatic hydroxyl groups is 1. The molecule has 120 valence electrons. The van der Waals surface area contributed by atoms with Gasteiger partial charge in [-0.1, -0.05) is 44.2 Å². The Balaban J connectivity index is 2.11. The molecule has 5 heteroatoms. The van der Waals surface area contributed by atoms with Crippen LogP contribution in [0.2, 0.25) is 0 Å². The Morgan fingerprint density at radius 1 is 1.36 bits per heavy atom. The maximum atomic E-state index is 12.6. The first-order chi connectivity index (χ1) is 10.5. The molecule has 1 aromatic rings. The largest absolute Gasteiger partial charge is 0.447 e. The lowest BCUT2D eigenvalue weighted by atomic mass is 9.95. The molecule has 1 saturated heterocycles. The summed E-state index contributed by atoms with van der Waals surface area (Å²) in [4.78, 5) is 25.7. The van der Waals surface area contributed by atoms with Gasteiger partial charge in [0.05, 0.1) is 18.6 Å². The average Bonchev–Trinajstić information content (AvgIpc) is 2.85. The molecule has 0 saturated carbocycles. The van der Waals surface area contributed by atoms with E-state index < -0.39 is 12.0 Å². The van der Waals surface area contributed by atoms with E-state index in [1.54, 1.807) is 0 Å². The Bertz CT molecular complexity index is 515. The highest BCUT2D eigenvalue weighted by Crippen LogP contribution is 2.22. The molecule has 1 aliphatic heterocycles. The first kappa shape index (κ1) is 16.5. The quantitative estimate of drug-likeness (QED) is 0.875. The highest BCUT2D eigenvalue weighted by Gasteiger charge is 2.40. The lowest BCUT2D eigenvalue weighted by Crippen LogP contribution is -2.44. The SMILES string of the molecule is CC(C)CC(CO)C(=O)N1C(=O)OCC1Cc1ccccc1. The Kier molecular flexibility index (Phi) is 5.55. The lowest BCUT2D eigenvalue weighted by Gasteiger charge is -2.24. The third-order valence-electron chi connectivity index (χ3n) is 3.84. The molecule has 0 aromatic heterocycles. The Morgan fingerprint density at radius 3 is 2.64 bits per heavy atom. The number of ether oxygens (including phenoxy) is 1. The van der Waals surface area contributed by atoms with Crippen molar-refractivity contribution in [3.63, 3.8) is 0 Å². The number of amides is 2. The van der Waals surface area contributed by atoms with Crippen molar-refractivity contribution in [1.29, 1.82) is 0 Å². The van der Waals surface area contributed by atoms with E-state index in [0.29, 0.717) is 12.8 Å². The Morgan fingerprint density at radius 2 is 2.05 bits per heavy atom.